The SMILES string of the molecule is Cn1c(C(F)(F)F)c(CC(=O)O)c2cc(F)ccc21. The van der Waals surface area contributed by atoms with Crippen LogP contribution < -0.4 is 0 Å². The van der Waals surface area contributed by atoms with Crippen molar-refractivity contribution in [2.45, 2.75) is 12.6 Å². The normalized spacial score (nSPS) is 12.1. The zero-order valence-corrected chi connectivity index (χ0v) is 9.75. The minimum atomic E-state index is -4.70. The van der Waals surface area contributed by atoms with Crippen LogP contribution >= 0.6 is 0 Å². The first-order chi connectivity index (χ1) is 8.71. The molecular formula is C12H9F4NO2. The number of carbonyl (C=O) groups is 1. The van der Waals surface area contributed by atoms with Crippen LogP contribution in [0, 0.1) is 5.82 Å². The van der Waals surface area contributed by atoms with E-state index in [0.29, 0.717) is 0 Å². The number of fused-ring (bicyclic) bond motifs is 1. The zero-order chi connectivity index (χ0) is 14.4. The van der Waals surface area contributed by atoms with E-state index < -0.39 is 35.6 Å². The molecule has 1 aromatic heterocycles. The van der Waals surface area contributed by atoms with E-state index in [1.54, 1.807) is 0 Å². The number of hydrogen-bond acceptors (Lipinski definition) is 1. The molecule has 0 spiro atoms. The first kappa shape index (κ1) is 13.4. The number of alkyl halides is 3. The third kappa shape index (κ3) is 2.27. The second kappa shape index (κ2) is 4.25. The first-order valence-corrected chi connectivity index (χ1v) is 5.27. The van der Waals surface area contributed by atoms with Gasteiger partial charge in [-0.3, -0.25) is 4.79 Å². The van der Waals surface area contributed by atoms with E-state index in [-0.39, 0.29) is 10.9 Å². The van der Waals surface area contributed by atoms with E-state index >= 15 is 0 Å². The highest BCUT2D eigenvalue weighted by Gasteiger charge is 2.38. The highest BCUT2D eigenvalue weighted by Crippen LogP contribution is 2.38. The molecule has 0 aliphatic heterocycles. The molecule has 3 nitrogen and oxygen atoms in total. The van der Waals surface area contributed by atoms with Crippen molar-refractivity contribution in [3.8, 4) is 0 Å². The summed E-state index contributed by atoms with van der Waals surface area (Å²) in [6, 6.07) is 3.15. The van der Waals surface area contributed by atoms with Gasteiger partial charge in [0, 0.05) is 23.5 Å². The van der Waals surface area contributed by atoms with Crippen LogP contribution in [-0.2, 0) is 24.4 Å². The van der Waals surface area contributed by atoms with Crippen molar-refractivity contribution >= 4 is 16.9 Å². The summed E-state index contributed by atoms with van der Waals surface area (Å²) < 4.78 is 53.0. The summed E-state index contributed by atoms with van der Waals surface area (Å²) in [5.74, 6) is -2.11. The molecule has 7 heteroatoms. The fraction of sp³-hybridized carbons (Fsp3) is 0.250. The average Bonchev–Trinajstić information content (AvgIpc) is 2.50. The summed E-state index contributed by atoms with van der Waals surface area (Å²) >= 11 is 0. The molecule has 0 atom stereocenters. The number of hydrogen-bond donors (Lipinski definition) is 1. The van der Waals surface area contributed by atoms with Gasteiger partial charge in [0.1, 0.15) is 11.5 Å². The van der Waals surface area contributed by atoms with Gasteiger partial charge in [0.2, 0.25) is 0 Å². The van der Waals surface area contributed by atoms with E-state index in [2.05, 4.69) is 0 Å². The van der Waals surface area contributed by atoms with Gasteiger partial charge in [-0.2, -0.15) is 13.2 Å². The molecule has 0 aliphatic carbocycles. The Balaban J connectivity index is 2.85. The Bertz CT molecular complexity index is 658. The number of rotatable bonds is 2. The standard InChI is InChI=1S/C12H9F4NO2/c1-17-9-3-2-6(13)4-7(9)8(5-10(18)19)11(17)12(14,15)16/h2-4H,5H2,1H3,(H,18,19). The summed E-state index contributed by atoms with van der Waals surface area (Å²) in [4.78, 5) is 10.7. The Labute approximate surface area is 105 Å². The summed E-state index contributed by atoms with van der Waals surface area (Å²) in [7, 11) is 1.18. The molecular weight excluding hydrogens is 266 g/mol. The third-order valence-electron chi connectivity index (χ3n) is 2.86. The Hall–Kier alpha value is -2.05. The smallest absolute Gasteiger partial charge is 0.431 e. The van der Waals surface area contributed by atoms with Crippen molar-refractivity contribution in [2.24, 2.45) is 7.05 Å². The first-order valence-electron chi connectivity index (χ1n) is 5.27. The summed E-state index contributed by atoms with van der Waals surface area (Å²) in [6.07, 6.45) is -5.51. The molecule has 0 saturated carbocycles. The minimum Gasteiger partial charge on any atom is -0.481 e. The van der Waals surface area contributed by atoms with E-state index in [1.807, 2.05) is 0 Å². The Morgan fingerprint density at radius 2 is 2.00 bits per heavy atom. The van der Waals surface area contributed by atoms with Crippen LogP contribution in [0.5, 0.6) is 0 Å². The molecule has 0 bridgehead atoms. The molecule has 2 aromatic rings. The van der Waals surface area contributed by atoms with Crippen LogP contribution in [0.3, 0.4) is 0 Å². The van der Waals surface area contributed by atoms with Crippen molar-refractivity contribution in [2.75, 3.05) is 0 Å². The number of aliphatic carboxylic acids is 1. The van der Waals surface area contributed by atoms with E-state index in [0.717, 1.165) is 16.7 Å². The Kier molecular flexibility index (Phi) is 3.00. The molecule has 2 rings (SSSR count). The van der Waals surface area contributed by atoms with Crippen LogP contribution in [0.25, 0.3) is 10.9 Å². The van der Waals surface area contributed by atoms with Crippen LogP contribution in [0.15, 0.2) is 18.2 Å². The van der Waals surface area contributed by atoms with E-state index in [1.165, 1.54) is 13.1 Å². The minimum absolute atomic E-state index is 0.0303. The third-order valence-corrected chi connectivity index (χ3v) is 2.86. The van der Waals surface area contributed by atoms with Crippen molar-refractivity contribution in [1.82, 2.24) is 4.57 Å². The second-order valence-corrected chi connectivity index (χ2v) is 4.12. The maximum absolute atomic E-state index is 13.2. The van der Waals surface area contributed by atoms with Gasteiger partial charge in [-0.25, -0.2) is 4.39 Å². The summed E-state index contributed by atoms with van der Waals surface area (Å²) in [5, 5.41) is 8.69. The molecule has 0 radical (unpaired) electrons. The monoisotopic (exact) mass is 275 g/mol. The Morgan fingerprint density at radius 1 is 1.37 bits per heavy atom. The molecule has 0 amide bonds. The largest absolute Gasteiger partial charge is 0.481 e. The van der Waals surface area contributed by atoms with Gasteiger partial charge in [-0.1, -0.05) is 0 Å². The van der Waals surface area contributed by atoms with Crippen LogP contribution in [0.2, 0.25) is 0 Å². The highest BCUT2D eigenvalue weighted by atomic mass is 19.4. The number of carboxylic acid groups (broad SMARTS) is 1. The molecule has 0 saturated heterocycles. The van der Waals surface area contributed by atoms with Gasteiger partial charge in [-0.05, 0) is 18.2 Å². The lowest BCUT2D eigenvalue weighted by Crippen LogP contribution is -2.15. The fourth-order valence-electron chi connectivity index (χ4n) is 2.18. The highest BCUT2D eigenvalue weighted by molar-refractivity contribution is 5.89. The van der Waals surface area contributed by atoms with Crippen LogP contribution in [0.4, 0.5) is 17.6 Å². The predicted molar refractivity (Wildman–Crippen MR) is 59.2 cm³/mol. The lowest BCUT2D eigenvalue weighted by molar-refractivity contribution is -0.144. The van der Waals surface area contributed by atoms with Gasteiger partial charge in [-0.15, -0.1) is 0 Å². The van der Waals surface area contributed by atoms with Gasteiger partial charge >= 0.3 is 12.1 Å². The molecule has 1 N–H and O–H groups in total. The maximum atomic E-state index is 13.2. The number of halogens is 4. The molecule has 0 aliphatic rings. The number of aromatic nitrogens is 1. The summed E-state index contributed by atoms with van der Waals surface area (Å²) in [5.41, 5.74) is -1.34. The number of nitrogens with zero attached hydrogens (tertiary/aromatic N) is 1. The second-order valence-electron chi connectivity index (χ2n) is 4.12. The lowest BCUT2D eigenvalue weighted by atomic mass is 10.1. The fourth-order valence-corrected chi connectivity index (χ4v) is 2.18. The van der Waals surface area contributed by atoms with Crippen molar-refractivity contribution < 1.29 is 27.5 Å². The summed E-state index contributed by atoms with van der Waals surface area (Å²) in [6.45, 7) is 0. The number of carboxylic acids is 1. The van der Waals surface area contributed by atoms with Crippen molar-refractivity contribution in [1.29, 1.82) is 0 Å². The van der Waals surface area contributed by atoms with Crippen molar-refractivity contribution in [3.05, 3.63) is 35.3 Å². The maximum Gasteiger partial charge on any atom is 0.431 e. The number of benzene rings is 1. The molecule has 0 unspecified atom stereocenters. The molecule has 1 heterocycles. The topological polar surface area (TPSA) is 42.2 Å². The van der Waals surface area contributed by atoms with Crippen LogP contribution in [0.1, 0.15) is 11.3 Å². The lowest BCUT2D eigenvalue weighted by Gasteiger charge is -2.10. The zero-order valence-electron chi connectivity index (χ0n) is 9.75. The van der Waals surface area contributed by atoms with Gasteiger partial charge in [0.15, 0.2) is 0 Å². The molecule has 19 heavy (non-hydrogen) atoms. The number of aryl methyl sites for hydroxylation is 1. The molecule has 1 aromatic carbocycles. The molecule has 0 fully saturated rings. The Morgan fingerprint density at radius 3 is 2.53 bits per heavy atom. The van der Waals surface area contributed by atoms with Gasteiger partial charge in [0.25, 0.3) is 0 Å². The van der Waals surface area contributed by atoms with Gasteiger partial charge < -0.3 is 9.67 Å². The quantitative estimate of drug-likeness (QED) is 0.856. The van der Waals surface area contributed by atoms with E-state index in [4.69, 9.17) is 5.11 Å². The van der Waals surface area contributed by atoms with Crippen LogP contribution in [-0.4, -0.2) is 15.6 Å². The van der Waals surface area contributed by atoms with Crippen molar-refractivity contribution in [3.63, 3.8) is 0 Å². The molecule has 102 valence electrons. The van der Waals surface area contributed by atoms with E-state index in [9.17, 15) is 22.4 Å². The predicted octanol–water partition coefficient (Wildman–Crippen LogP) is 2.96. The average molecular weight is 275 g/mol. The van der Waals surface area contributed by atoms with Gasteiger partial charge in [0.05, 0.1) is 6.42 Å².